The topological polar surface area (TPSA) is 56.3 Å². The van der Waals surface area contributed by atoms with Gasteiger partial charge in [-0.15, -0.1) is 11.3 Å². The number of aromatic nitrogens is 2. The number of methoxy groups -OCH3 is 1. The summed E-state index contributed by atoms with van der Waals surface area (Å²) < 4.78 is 7.20. The minimum Gasteiger partial charge on any atom is -0.496 e. The molecule has 0 saturated heterocycles. The Morgan fingerprint density at radius 3 is 2.95 bits per heavy atom. The van der Waals surface area contributed by atoms with E-state index in [1.54, 1.807) is 24.6 Å². The molecule has 2 N–H and O–H groups in total. The van der Waals surface area contributed by atoms with Crippen molar-refractivity contribution in [1.29, 1.82) is 0 Å². The van der Waals surface area contributed by atoms with Crippen molar-refractivity contribution in [2.24, 2.45) is 5.73 Å². The molecule has 2 rings (SSSR count). The van der Waals surface area contributed by atoms with Crippen LogP contribution in [0.3, 0.4) is 0 Å². The maximum absolute atomic E-state index is 6.36. The molecule has 0 aliphatic heterocycles. The van der Waals surface area contributed by atoms with Crippen molar-refractivity contribution in [3.05, 3.63) is 33.2 Å². The first kappa shape index (κ1) is 15.3. The van der Waals surface area contributed by atoms with E-state index in [9.17, 15) is 0 Å². The Morgan fingerprint density at radius 1 is 1.55 bits per heavy atom. The van der Waals surface area contributed by atoms with Crippen molar-refractivity contribution in [3.63, 3.8) is 0 Å². The second-order valence-corrected chi connectivity index (χ2v) is 6.09. The summed E-state index contributed by atoms with van der Waals surface area (Å²) in [6.07, 6.45) is 1.65. The highest BCUT2D eigenvalue weighted by molar-refractivity contribution is 7.10. The van der Waals surface area contributed by atoms with Gasteiger partial charge in [0.15, 0.2) is 0 Å². The van der Waals surface area contributed by atoms with E-state index in [0.717, 1.165) is 29.4 Å². The van der Waals surface area contributed by atoms with Crippen LogP contribution in [0.5, 0.6) is 5.75 Å². The zero-order valence-corrected chi connectivity index (χ0v) is 13.4. The van der Waals surface area contributed by atoms with Crippen molar-refractivity contribution in [1.82, 2.24) is 14.7 Å². The largest absolute Gasteiger partial charge is 0.496 e. The van der Waals surface area contributed by atoms with Gasteiger partial charge in [0.1, 0.15) is 5.75 Å². The van der Waals surface area contributed by atoms with E-state index >= 15 is 0 Å². The molecule has 0 saturated carbocycles. The van der Waals surface area contributed by atoms with Crippen LogP contribution in [0, 0.1) is 0 Å². The van der Waals surface area contributed by atoms with Gasteiger partial charge in [-0.2, -0.15) is 5.10 Å². The minimum atomic E-state index is -0.331. The summed E-state index contributed by atoms with van der Waals surface area (Å²) >= 11 is 7.82. The summed E-state index contributed by atoms with van der Waals surface area (Å²) in [5.74, 6) is 0.791. The highest BCUT2D eigenvalue weighted by atomic mass is 35.5. The zero-order chi connectivity index (χ0) is 14.7. The Balaban J connectivity index is 2.29. The molecule has 0 spiro atoms. The lowest BCUT2D eigenvalue weighted by Crippen LogP contribution is -2.23. The molecule has 5 nitrogen and oxygen atoms in total. The van der Waals surface area contributed by atoms with Gasteiger partial charge in [-0.05, 0) is 25.5 Å². The predicted molar refractivity (Wildman–Crippen MR) is 82.7 cm³/mol. The molecule has 0 fully saturated rings. The minimum absolute atomic E-state index is 0.331. The average molecular weight is 315 g/mol. The molecule has 2 heterocycles. The van der Waals surface area contributed by atoms with Gasteiger partial charge in [-0.3, -0.25) is 4.68 Å². The molecule has 0 amide bonds. The molecule has 2 aromatic heterocycles. The molecule has 1 unspecified atom stereocenters. The van der Waals surface area contributed by atoms with Gasteiger partial charge in [-0.25, -0.2) is 0 Å². The van der Waals surface area contributed by atoms with Gasteiger partial charge < -0.3 is 15.4 Å². The smallest absolute Gasteiger partial charge is 0.134 e. The number of likely N-dealkylation sites (N-methyl/N-ethyl adjacent to an activating group) is 1. The molecular formula is C13H19ClN4OS. The van der Waals surface area contributed by atoms with E-state index in [1.165, 1.54) is 0 Å². The lowest BCUT2D eigenvalue weighted by atomic mass is 10.1. The fourth-order valence-corrected chi connectivity index (χ4v) is 3.11. The first-order chi connectivity index (χ1) is 9.54. The van der Waals surface area contributed by atoms with Gasteiger partial charge in [0.25, 0.3) is 0 Å². The Labute approximate surface area is 127 Å². The summed E-state index contributed by atoms with van der Waals surface area (Å²) in [5.41, 5.74) is 7.19. The Bertz CT molecular complexity index is 566. The maximum atomic E-state index is 6.36. The molecular weight excluding hydrogens is 296 g/mol. The molecule has 2 aromatic rings. The molecule has 20 heavy (non-hydrogen) atoms. The fourth-order valence-electron chi connectivity index (χ4n) is 1.98. The Kier molecular flexibility index (Phi) is 5.04. The van der Waals surface area contributed by atoms with Crippen molar-refractivity contribution < 1.29 is 4.74 Å². The maximum Gasteiger partial charge on any atom is 0.134 e. The number of hydrogen-bond donors (Lipinski definition) is 1. The molecule has 0 aliphatic rings. The van der Waals surface area contributed by atoms with Crippen molar-refractivity contribution in [3.8, 4) is 5.75 Å². The van der Waals surface area contributed by atoms with Gasteiger partial charge in [0, 0.05) is 6.54 Å². The zero-order valence-electron chi connectivity index (χ0n) is 11.8. The third kappa shape index (κ3) is 3.15. The number of thiophene rings is 1. The number of halogens is 1. The summed E-state index contributed by atoms with van der Waals surface area (Å²) in [7, 11) is 5.68. The van der Waals surface area contributed by atoms with Crippen LogP contribution in [0.15, 0.2) is 17.6 Å². The van der Waals surface area contributed by atoms with E-state index in [-0.39, 0.29) is 6.04 Å². The lowest BCUT2D eigenvalue weighted by molar-refractivity contribution is 0.367. The first-order valence-electron chi connectivity index (χ1n) is 6.27. The molecule has 0 aromatic carbocycles. The van der Waals surface area contributed by atoms with Crippen molar-refractivity contribution >= 4 is 22.9 Å². The predicted octanol–water partition coefficient (Wildman–Crippen LogP) is 2.22. The number of ether oxygens (including phenoxy) is 1. The third-order valence-electron chi connectivity index (χ3n) is 3.05. The SMILES string of the molecule is COc1ccsc1C(N)c1c(Cl)cnn1CCN(C)C. The molecule has 110 valence electrons. The molecule has 0 bridgehead atoms. The number of rotatable bonds is 6. The van der Waals surface area contributed by atoms with Crippen molar-refractivity contribution in [2.75, 3.05) is 27.7 Å². The van der Waals surface area contributed by atoms with Crippen LogP contribution in [-0.4, -0.2) is 42.4 Å². The van der Waals surface area contributed by atoms with Crippen LogP contribution in [0.4, 0.5) is 0 Å². The summed E-state index contributed by atoms with van der Waals surface area (Å²) in [6, 6.07) is 1.58. The highest BCUT2D eigenvalue weighted by Crippen LogP contribution is 2.35. The quantitative estimate of drug-likeness (QED) is 0.888. The van der Waals surface area contributed by atoms with Crippen LogP contribution in [0.1, 0.15) is 16.6 Å². The van der Waals surface area contributed by atoms with Gasteiger partial charge in [0.2, 0.25) is 0 Å². The van der Waals surface area contributed by atoms with E-state index in [4.69, 9.17) is 22.1 Å². The molecule has 7 heteroatoms. The summed E-state index contributed by atoms with van der Waals surface area (Å²) in [5, 5.41) is 6.87. The van der Waals surface area contributed by atoms with E-state index in [0.29, 0.717) is 5.02 Å². The number of nitrogens with zero attached hydrogens (tertiary/aromatic N) is 3. The Hall–Kier alpha value is -1.08. The second-order valence-electron chi connectivity index (χ2n) is 4.74. The van der Waals surface area contributed by atoms with E-state index < -0.39 is 0 Å². The van der Waals surface area contributed by atoms with Crippen LogP contribution in [0.2, 0.25) is 5.02 Å². The second kappa shape index (κ2) is 6.58. The van der Waals surface area contributed by atoms with Gasteiger partial charge in [0.05, 0.1) is 41.5 Å². The van der Waals surface area contributed by atoms with Crippen molar-refractivity contribution in [2.45, 2.75) is 12.6 Å². The number of hydrogen-bond acceptors (Lipinski definition) is 5. The lowest BCUT2D eigenvalue weighted by Gasteiger charge is -2.16. The summed E-state index contributed by atoms with van der Waals surface area (Å²) in [6.45, 7) is 1.62. The molecule has 0 radical (unpaired) electrons. The molecule has 0 aliphatic carbocycles. The summed E-state index contributed by atoms with van der Waals surface area (Å²) in [4.78, 5) is 3.05. The standard InChI is InChI=1S/C13H19ClN4OS/c1-17(2)5-6-18-12(9(14)8-16-18)11(15)13-10(19-3)4-7-20-13/h4,7-8,11H,5-6,15H2,1-3H3. The number of nitrogens with two attached hydrogens (primary N) is 1. The normalized spacial score (nSPS) is 12.9. The van der Waals surface area contributed by atoms with Crippen LogP contribution in [-0.2, 0) is 6.54 Å². The van der Waals surface area contributed by atoms with Crippen LogP contribution < -0.4 is 10.5 Å². The Morgan fingerprint density at radius 2 is 2.30 bits per heavy atom. The van der Waals surface area contributed by atoms with Gasteiger partial charge in [-0.1, -0.05) is 11.6 Å². The highest BCUT2D eigenvalue weighted by Gasteiger charge is 2.22. The van der Waals surface area contributed by atoms with Gasteiger partial charge >= 0.3 is 0 Å². The third-order valence-corrected chi connectivity index (χ3v) is 4.32. The van der Waals surface area contributed by atoms with E-state index in [2.05, 4.69) is 10.00 Å². The van der Waals surface area contributed by atoms with Crippen LogP contribution >= 0.6 is 22.9 Å². The van der Waals surface area contributed by atoms with Crippen LogP contribution in [0.25, 0.3) is 0 Å². The molecule has 1 atom stereocenters. The first-order valence-corrected chi connectivity index (χ1v) is 7.53. The fraction of sp³-hybridized carbons (Fsp3) is 0.462. The van der Waals surface area contributed by atoms with E-state index in [1.807, 2.05) is 30.2 Å². The average Bonchev–Trinajstić information content (AvgIpc) is 3.01. The monoisotopic (exact) mass is 314 g/mol.